The fourth-order valence-electron chi connectivity index (χ4n) is 2.37. The number of hydrogen-bond donors (Lipinski definition) is 1. The first-order valence-electron chi connectivity index (χ1n) is 7.37. The van der Waals surface area contributed by atoms with Crippen LogP contribution in [0.25, 0.3) is 16.9 Å². The fraction of sp³-hybridized carbons (Fsp3) is 0.176. The summed E-state index contributed by atoms with van der Waals surface area (Å²) in [5, 5.41) is 4.08. The molecule has 2 heterocycles. The topological polar surface area (TPSA) is 66.0 Å². The third-order valence-corrected chi connectivity index (χ3v) is 3.19. The molecule has 0 aliphatic rings. The predicted molar refractivity (Wildman–Crippen MR) is 86.9 cm³/mol. The lowest BCUT2D eigenvalue weighted by molar-refractivity contribution is -0.0258. The van der Waals surface area contributed by atoms with Gasteiger partial charge in [0.2, 0.25) is 5.85 Å². The van der Waals surface area contributed by atoms with Crippen molar-refractivity contribution in [1.82, 2.24) is 14.8 Å². The first-order valence-corrected chi connectivity index (χ1v) is 7.37. The molecule has 0 aliphatic heterocycles. The van der Waals surface area contributed by atoms with Crippen LogP contribution in [0.3, 0.4) is 0 Å². The Labute approximate surface area is 141 Å². The lowest BCUT2D eigenvalue weighted by Crippen LogP contribution is -2.21. The van der Waals surface area contributed by atoms with E-state index < -0.39 is 17.5 Å². The molecule has 0 fully saturated rings. The molecule has 3 rings (SSSR count). The number of pyridine rings is 1. The van der Waals surface area contributed by atoms with Crippen molar-refractivity contribution >= 4 is 5.82 Å². The van der Waals surface area contributed by atoms with Gasteiger partial charge in [0.05, 0.1) is 23.8 Å². The van der Waals surface area contributed by atoms with Crippen LogP contribution in [0.15, 0.2) is 42.7 Å². The Kier molecular flexibility index (Phi) is 4.12. The predicted octanol–water partition coefficient (Wildman–Crippen LogP) is 3.88. The minimum atomic E-state index is -1.98. The van der Waals surface area contributed by atoms with E-state index in [2.05, 4.69) is 10.1 Å². The van der Waals surface area contributed by atoms with Gasteiger partial charge >= 0.3 is 0 Å². The molecular formula is C17H15F3N4O. The molecule has 0 bridgehead atoms. The second-order valence-electron chi connectivity index (χ2n) is 5.87. The molecule has 2 aromatic heterocycles. The van der Waals surface area contributed by atoms with Crippen LogP contribution >= 0.6 is 0 Å². The molecule has 8 heteroatoms. The van der Waals surface area contributed by atoms with Crippen molar-refractivity contribution in [2.45, 2.75) is 19.7 Å². The summed E-state index contributed by atoms with van der Waals surface area (Å²) in [6, 6.07) is 6.44. The number of halogens is 3. The summed E-state index contributed by atoms with van der Waals surface area (Å²) < 4.78 is 47.5. The average Bonchev–Trinajstić information content (AvgIpc) is 2.87. The van der Waals surface area contributed by atoms with E-state index in [1.54, 1.807) is 0 Å². The Hall–Kier alpha value is -3.03. The number of anilines is 1. The van der Waals surface area contributed by atoms with Crippen molar-refractivity contribution in [3.8, 4) is 22.7 Å². The summed E-state index contributed by atoms with van der Waals surface area (Å²) in [6.45, 7) is 2.41. The Balaban J connectivity index is 2.11. The zero-order chi connectivity index (χ0) is 18.2. The molecule has 0 atom stereocenters. The summed E-state index contributed by atoms with van der Waals surface area (Å²) in [5.41, 5.74) is 6.77. The van der Waals surface area contributed by atoms with E-state index in [0.29, 0.717) is 16.9 Å². The number of nitrogens with zero attached hydrogens (tertiary/aromatic N) is 3. The molecule has 1 aromatic carbocycles. The van der Waals surface area contributed by atoms with Crippen LogP contribution in [0.1, 0.15) is 13.8 Å². The van der Waals surface area contributed by atoms with E-state index in [9.17, 15) is 13.2 Å². The van der Waals surface area contributed by atoms with Gasteiger partial charge in [-0.05, 0) is 12.1 Å². The van der Waals surface area contributed by atoms with Crippen LogP contribution in [-0.2, 0) is 0 Å². The number of nitrogens with two attached hydrogens (primary N) is 1. The van der Waals surface area contributed by atoms with Crippen molar-refractivity contribution < 1.29 is 17.9 Å². The number of nitrogen functional groups attached to an aromatic ring is 1. The molecule has 5 nitrogen and oxygen atoms in total. The molecular weight excluding hydrogens is 333 g/mol. The van der Waals surface area contributed by atoms with E-state index in [0.717, 1.165) is 12.3 Å². The van der Waals surface area contributed by atoms with Crippen molar-refractivity contribution in [2.75, 3.05) is 5.73 Å². The van der Waals surface area contributed by atoms with Gasteiger partial charge in [0, 0.05) is 37.6 Å². The minimum Gasteiger partial charge on any atom is -0.458 e. The highest BCUT2D eigenvalue weighted by Crippen LogP contribution is 2.30. The van der Waals surface area contributed by atoms with Crippen LogP contribution < -0.4 is 10.5 Å². The first kappa shape index (κ1) is 16.8. The highest BCUT2D eigenvalue weighted by molar-refractivity contribution is 5.66. The maximum Gasteiger partial charge on any atom is 0.242 e. The van der Waals surface area contributed by atoms with Crippen molar-refractivity contribution in [1.29, 1.82) is 0 Å². The smallest absolute Gasteiger partial charge is 0.242 e. The molecule has 0 aliphatic carbocycles. The van der Waals surface area contributed by atoms with Crippen LogP contribution in [0.2, 0.25) is 0 Å². The molecule has 25 heavy (non-hydrogen) atoms. The second kappa shape index (κ2) is 6.12. The van der Waals surface area contributed by atoms with Gasteiger partial charge in [-0.25, -0.2) is 13.5 Å². The molecule has 2 N–H and O–H groups in total. The van der Waals surface area contributed by atoms with Gasteiger partial charge in [0.1, 0.15) is 23.2 Å². The molecule has 0 saturated heterocycles. The van der Waals surface area contributed by atoms with E-state index in [4.69, 9.17) is 10.5 Å². The lowest BCUT2D eigenvalue weighted by atomic mass is 10.1. The number of aromatic nitrogens is 3. The van der Waals surface area contributed by atoms with E-state index >= 15 is 0 Å². The zero-order valence-corrected chi connectivity index (χ0v) is 13.5. The van der Waals surface area contributed by atoms with Crippen LogP contribution in [0, 0.1) is 11.6 Å². The largest absolute Gasteiger partial charge is 0.458 e. The number of rotatable bonds is 4. The summed E-state index contributed by atoms with van der Waals surface area (Å²) in [6.07, 6.45) is 2.44. The maximum atomic E-state index is 14.0. The summed E-state index contributed by atoms with van der Waals surface area (Å²) in [4.78, 5) is 3.76. The van der Waals surface area contributed by atoms with Crippen LogP contribution in [0.5, 0.6) is 5.75 Å². The van der Waals surface area contributed by atoms with Gasteiger partial charge in [-0.3, -0.25) is 4.98 Å². The molecule has 0 saturated carbocycles. The summed E-state index contributed by atoms with van der Waals surface area (Å²) in [5.74, 6) is -3.00. The molecule has 130 valence electrons. The summed E-state index contributed by atoms with van der Waals surface area (Å²) >= 11 is 0. The average molecular weight is 348 g/mol. The van der Waals surface area contributed by atoms with Crippen LogP contribution in [-0.4, -0.2) is 20.6 Å². The minimum absolute atomic E-state index is 0.00573. The van der Waals surface area contributed by atoms with E-state index in [-0.39, 0.29) is 11.6 Å². The lowest BCUT2D eigenvalue weighted by Gasteiger charge is -2.18. The molecule has 3 aromatic rings. The number of alkyl halides is 1. The van der Waals surface area contributed by atoms with Gasteiger partial charge in [-0.15, -0.1) is 0 Å². The number of ether oxygens (including phenoxy) is 1. The highest BCUT2D eigenvalue weighted by atomic mass is 19.2. The SMILES string of the molecule is CC(C)(F)Oc1cc(F)cc(-c2cc(N)nn2-c2cncc(F)c2)c1. The normalized spacial score (nSPS) is 11.6. The Morgan fingerprint density at radius 3 is 2.48 bits per heavy atom. The van der Waals surface area contributed by atoms with E-state index in [1.165, 1.54) is 49.0 Å². The van der Waals surface area contributed by atoms with Gasteiger partial charge in [-0.1, -0.05) is 0 Å². The van der Waals surface area contributed by atoms with Crippen molar-refractivity contribution in [2.24, 2.45) is 0 Å². The number of benzene rings is 1. The maximum absolute atomic E-state index is 14.0. The number of hydrogen-bond acceptors (Lipinski definition) is 4. The molecule has 0 radical (unpaired) electrons. The van der Waals surface area contributed by atoms with Crippen LogP contribution in [0.4, 0.5) is 19.0 Å². The Morgan fingerprint density at radius 2 is 1.80 bits per heavy atom. The zero-order valence-electron chi connectivity index (χ0n) is 13.5. The Bertz CT molecular complexity index is 918. The van der Waals surface area contributed by atoms with Gasteiger partial charge < -0.3 is 10.5 Å². The van der Waals surface area contributed by atoms with E-state index in [1.807, 2.05) is 0 Å². The van der Waals surface area contributed by atoms with Gasteiger partial charge in [-0.2, -0.15) is 9.49 Å². The third-order valence-electron chi connectivity index (χ3n) is 3.19. The molecule has 0 unspecified atom stereocenters. The van der Waals surface area contributed by atoms with Crippen molar-refractivity contribution in [3.05, 3.63) is 54.4 Å². The molecule has 0 amide bonds. The Morgan fingerprint density at radius 1 is 1.04 bits per heavy atom. The second-order valence-corrected chi connectivity index (χ2v) is 5.87. The van der Waals surface area contributed by atoms with Crippen molar-refractivity contribution in [3.63, 3.8) is 0 Å². The van der Waals surface area contributed by atoms with Gasteiger partial charge in [0.15, 0.2) is 0 Å². The molecule has 0 spiro atoms. The standard InChI is InChI=1S/C17H15F3N4O/c1-17(2,20)25-14-4-10(3-11(18)6-14)15-7-16(21)23-24(15)13-5-12(19)8-22-9-13/h3-9H,1-2H3,(H2,21,23). The first-order chi connectivity index (χ1) is 11.7. The third kappa shape index (κ3) is 3.90. The highest BCUT2D eigenvalue weighted by Gasteiger charge is 2.19. The quantitative estimate of drug-likeness (QED) is 0.777. The monoisotopic (exact) mass is 348 g/mol. The van der Waals surface area contributed by atoms with Gasteiger partial charge in [0.25, 0.3) is 0 Å². The fourth-order valence-corrected chi connectivity index (χ4v) is 2.37. The summed E-state index contributed by atoms with van der Waals surface area (Å²) in [7, 11) is 0.